The molecule has 0 saturated carbocycles. The highest BCUT2D eigenvalue weighted by Crippen LogP contribution is 2.23. The maximum atomic E-state index is 12.9. The smallest absolute Gasteiger partial charge is 0.224 e. The van der Waals surface area contributed by atoms with E-state index in [4.69, 9.17) is 17.0 Å². The summed E-state index contributed by atoms with van der Waals surface area (Å²) in [6.07, 6.45) is 8.11. The van der Waals surface area contributed by atoms with Crippen LogP contribution in [0.5, 0.6) is 5.75 Å². The number of likely N-dealkylation sites (tertiary alicyclic amines) is 2. The first-order valence-corrected chi connectivity index (χ1v) is 12.9. The maximum Gasteiger partial charge on any atom is 0.224 e. The van der Waals surface area contributed by atoms with Crippen molar-refractivity contribution in [2.75, 3.05) is 39.3 Å². The molecule has 4 rings (SSSR count). The fourth-order valence-corrected chi connectivity index (χ4v) is 5.25. The van der Waals surface area contributed by atoms with Crippen LogP contribution in [0.25, 0.3) is 11.4 Å². The lowest BCUT2D eigenvalue weighted by Crippen LogP contribution is -2.42. The molecule has 0 unspecified atom stereocenters. The van der Waals surface area contributed by atoms with Crippen molar-refractivity contribution < 1.29 is 9.53 Å². The Morgan fingerprint density at radius 1 is 1.09 bits per heavy atom. The summed E-state index contributed by atoms with van der Waals surface area (Å²) >= 11 is 5.44. The number of hydrogen-bond donors (Lipinski definition) is 1. The van der Waals surface area contributed by atoms with E-state index in [0.717, 1.165) is 49.0 Å². The summed E-state index contributed by atoms with van der Waals surface area (Å²) in [4.78, 5) is 17.6. The highest BCUT2D eigenvalue weighted by molar-refractivity contribution is 7.71. The third kappa shape index (κ3) is 6.44. The first-order chi connectivity index (χ1) is 16.1. The highest BCUT2D eigenvalue weighted by atomic mass is 32.1. The molecule has 2 aliphatic rings. The summed E-state index contributed by atoms with van der Waals surface area (Å²) < 4.78 is 8.00. The van der Waals surface area contributed by atoms with Gasteiger partial charge in [-0.2, -0.15) is 5.10 Å². The van der Waals surface area contributed by atoms with Crippen molar-refractivity contribution in [1.82, 2.24) is 24.6 Å². The summed E-state index contributed by atoms with van der Waals surface area (Å²) in [5, 5.41) is 7.28. The fraction of sp³-hybridized carbons (Fsp3) is 0.640. The molecule has 1 N–H and O–H groups in total. The van der Waals surface area contributed by atoms with Gasteiger partial charge < -0.3 is 14.5 Å². The third-order valence-electron chi connectivity index (χ3n) is 6.91. The van der Waals surface area contributed by atoms with Gasteiger partial charge in [-0.25, -0.2) is 0 Å². The van der Waals surface area contributed by atoms with E-state index in [9.17, 15) is 4.79 Å². The van der Waals surface area contributed by atoms with E-state index in [-0.39, 0.29) is 5.91 Å². The van der Waals surface area contributed by atoms with Gasteiger partial charge in [-0.05, 0) is 88.1 Å². The number of piperidine rings is 1. The average molecular weight is 472 g/mol. The number of aromatic amines is 1. The Morgan fingerprint density at radius 2 is 1.79 bits per heavy atom. The monoisotopic (exact) mass is 471 g/mol. The van der Waals surface area contributed by atoms with Gasteiger partial charge in [-0.3, -0.25) is 14.5 Å². The lowest BCUT2D eigenvalue weighted by molar-refractivity contribution is -0.132. The summed E-state index contributed by atoms with van der Waals surface area (Å²) in [6.45, 7) is 8.59. The SMILES string of the molecule is CCOc1ccc(-c2n[nH]c(=S)n2CCC(=O)N2CCC(CN3CCCCCC3)CC2)cc1. The molecule has 2 fully saturated rings. The number of hydrogen-bond acceptors (Lipinski definition) is 5. The van der Waals surface area contributed by atoms with E-state index in [0.29, 0.717) is 24.3 Å². The average Bonchev–Trinajstić information content (AvgIpc) is 3.02. The Balaban J connectivity index is 1.28. The van der Waals surface area contributed by atoms with Gasteiger partial charge in [0.15, 0.2) is 10.6 Å². The molecule has 0 spiro atoms. The van der Waals surface area contributed by atoms with E-state index in [1.165, 1.54) is 45.3 Å². The first-order valence-electron chi connectivity index (χ1n) is 12.5. The van der Waals surface area contributed by atoms with E-state index < -0.39 is 0 Å². The highest BCUT2D eigenvalue weighted by Gasteiger charge is 2.24. The van der Waals surface area contributed by atoms with Crippen molar-refractivity contribution in [1.29, 1.82) is 0 Å². The van der Waals surface area contributed by atoms with Gasteiger partial charge in [0, 0.05) is 38.2 Å². The van der Waals surface area contributed by atoms with Gasteiger partial charge in [-0.15, -0.1) is 0 Å². The summed E-state index contributed by atoms with van der Waals surface area (Å²) in [5.41, 5.74) is 0.951. The van der Waals surface area contributed by atoms with Crippen LogP contribution in [0.1, 0.15) is 51.9 Å². The summed E-state index contributed by atoms with van der Waals surface area (Å²) in [5.74, 6) is 2.52. The predicted molar refractivity (Wildman–Crippen MR) is 133 cm³/mol. The quantitative estimate of drug-likeness (QED) is 0.574. The second-order valence-electron chi connectivity index (χ2n) is 9.25. The molecule has 2 saturated heterocycles. The van der Waals surface area contributed by atoms with Crippen LogP contribution in [-0.4, -0.2) is 69.8 Å². The van der Waals surface area contributed by atoms with Gasteiger partial charge in [-0.1, -0.05) is 12.8 Å². The molecule has 1 aromatic heterocycles. The number of aromatic nitrogens is 3. The number of carbonyl (C=O) groups is 1. The summed E-state index contributed by atoms with van der Waals surface area (Å²) in [7, 11) is 0. The minimum atomic E-state index is 0.212. The van der Waals surface area contributed by atoms with Crippen molar-refractivity contribution in [2.45, 2.75) is 58.4 Å². The number of H-pyrrole nitrogens is 1. The van der Waals surface area contributed by atoms with E-state index in [1.807, 2.05) is 40.7 Å². The topological polar surface area (TPSA) is 66.4 Å². The number of rotatable bonds is 8. The molecule has 8 heteroatoms. The lowest BCUT2D eigenvalue weighted by atomic mass is 9.96. The largest absolute Gasteiger partial charge is 0.494 e. The Hall–Kier alpha value is -2.19. The van der Waals surface area contributed by atoms with Gasteiger partial charge in [0.05, 0.1) is 6.61 Å². The van der Waals surface area contributed by atoms with Gasteiger partial charge >= 0.3 is 0 Å². The molecule has 180 valence electrons. The van der Waals surface area contributed by atoms with Crippen LogP contribution in [0.15, 0.2) is 24.3 Å². The van der Waals surface area contributed by atoms with Crippen molar-refractivity contribution in [3.05, 3.63) is 29.0 Å². The molecule has 2 aliphatic heterocycles. The van der Waals surface area contributed by atoms with Crippen molar-refractivity contribution in [3.63, 3.8) is 0 Å². The third-order valence-corrected chi connectivity index (χ3v) is 7.23. The van der Waals surface area contributed by atoms with Crippen LogP contribution in [0.3, 0.4) is 0 Å². The van der Waals surface area contributed by atoms with Gasteiger partial charge in [0.2, 0.25) is 5.91 Å². The van der Waals surface area contributed by atoms with E-state index in [2.05, 4.69) is 15.1 Å². The molecule has 0 radical (unpaired) electrons. The first kappa shape index (κ1) is 24.0. The van der Waals surface area contributed by atoms with Crippen LogP contribution in [0.4, 0.5) is 0 Å². The lowest BCUT2D eigenvalue weighted by Gasteiger charge is -2.34. The Labute approximate surface area is 202 Å². The van der Waals surface area contributed by atoms with Crippen molar-refractivity contribution in [2.24, 2.45) is 5.92 Å². The van der Waals surface area contributed by atoms with Gasteiger partial charge in [0.25, 0.3) is 0 Å². The molecule has 0 bridgehead atoms. The van der Waals surface area contributed by atoms with Crippen molar-refractivity contribution in [3.8, 4) is 17.1 Å². The Morgan fingerprint density at radius 3 is 2.45 bits per heavy atom. The molecule has 33 heavy (non-hydrogen) atoms. The Kier molecular flexibility index (Phi) is 8.56. The second-order valence-corrected chi connectivity index (χ2v) is 9.64. The zero-order chi connectivity index (χ0) is 23.0. The Bertz CT molecular complexity index is 938. The van der Waals surface area contributed by atoms with Crippen LogP contribution >= 0.6 is 12.2 Å². The molecule has 7 nitrogen and oxygen atoms in total. The molecular weight excluding hydrogens is 434 g/mol. The van der Waals surface area contributed by atoms with Crippen molar-refractivity contribution >= 4 is 18.1 Å². The molecule has 3 heterocycles. The number of benzene rings is 1. The zero-order valence-electron chi connectivity index (χ0n) is 19.8. The number of nitrogens with one attached hydrogen (secondary N) is 1. The van der Waals surface area contributed by atoms with E-state index >= 15 is 0 Å². The molecule has 2 aromatic rings. The van der Waals surface area contributed by atoms with Crippen LogP contribution < -0.4 is 4.74 Å². The number of ether oxygens (including phenoxy) is 1. The van der Waals surface area contributed by atoms with E-state index in [1.54, 1.807) is 0 Å². The minimum Gasteiger partial charge on any atom is -0.494 e. The van der Waals surface area contributed by atoms with Crippen LogP contribution in [-0.2, 0) is 11.3 Å². The normalized spacial score (nSPS) is 18.3. The standard InChI is InChI=1S/C25H37N5O2S/c1-2-32-22-9-7-21(8-10-22)24-26-27-25(33)30(24)18-13-23(31)29-16-11-20(12-17-29)19-28-14-5-3-4-6-15-28/h7-10,20H,2-6,11-19H2,1H3,(H,27,33). The molecule has 1 amide bonds. The summed E-state index contributed by atoms with van der Waals surface area (Å²) in [6, 6.07) is 7.82. The van der Waals surface area contributed by atoms with Gasteiger partial charge in [0.1, 0.15) is 5.75 Å². The molecular formula is C25H37N5O2S. The maximum absolute atomic E-state index is 12.9. The molecule has 0 atom stereocenters. The fourth-order valence-electron chi connectivity index (χ4n) is 5.03. The molecule has 1 aromatic carbocycles. The zero-order valence-corrected chi connectivity index (χ0v) is 20.6. The predicted octanol–water partition coefficient (Wildman–Crippen LogP) is 4.51. The number of carbonyl (C=O) groups excluding carboxylic acids is 1. The van der Waals surface area contributed by atoms with Crippen LogP contribution in [0.2, 0.25) is 0 Å². The second kappa shape index (κ2) is 11.8. The number of amides is 1. The number of nitrogens with zero attached hydrogens (tertiary/aromatic N) is 4. The molecule has 0 aliphatic carbocycles. The minimum absolute atomic E-state index is 0.212. The van der Waals surface area contributed by atoms with Crippen LogP contribution in [0, 0.1) is 10.7 Å².